The molecule has 1 aliphatic heterocycles. The summed E-state index contributed by atoms with van der Waals surface area (Å²) < 4.78 is 5.37. The van der Waals surface area contributed by atoms with E-state index in [-0.39, 0.29) is 0 Å². The Hall–Kier alpha value is -3.11. The van der Waals surface area contributed by atoms with Gasteiger partial charge in [0.2, 0.25) is 0 Å². The van der Waals surface area contributed by atoms with Crippen LogP contribution in [0, 0.1) is 0 Å². The van der Waals surface area contributed by atoms with Crippen molar-refractivity contribution in [2.75, 3.05) is 33.3 Å². The molecule has 4 nitrogen and oxygen atoms in total. The molecular weight excluding hydrogens is 358 g/mol. The van der Waals surface area contributed by atoms with Crippen LogP contribution < -0.4 is 4.74 Å². The van der Waals surface area contributed by atoms with E-state index in [9.17, 15) is 0 Å². The van der Waals surface area contributed by atoms with Crippen LogP contribution in [0.1, 0.15) is 11.1 Å². The Balaban J connectivity index is 1.30. The van der Waals surface area contributed by atoms with Crippen LogP contribution in [0.15, 0.2) is 77.9 Å². The van der Waals surface area contributed by atoms with Crippen molar-refractivity contribution in [3.8, 4) is 5.75 Å². The quantitative estimate of drug-likeness (QED) is 0.578. The van der Waals surface area contributed by atoms with Gasteiger partial charge in [-0.15, -0.1) is 0 Å². The summed E-state index contributed by atoms with van der Waals surface area (Å²) in [4.78, 5) is 2.51. The number of methoxy groups -OCH3 is 1. The molecule has 0 aromatic heterocycles. The van der Waals surface area contributed by atoms with Gasteiger partial charge in [0, 0.05) is 44.5 Å². The minimum atomic E-state index is 0.874. The van der Waals surface area contributed by atoms with Gasteiger partial charge in [-0.2, -0.15) is 5.10 Å². The van der Waals surface area contributed by atoms with Gasteiger partial charge in [-0.25, -0.2) is 0 Å². The number of rotatable bonds is 6. The standard InChI is InChI=1S/C25H27N3O/c1-29-25-14-5-3-9-22(25)12-7-15-26-28-18-16-27(17-19-28)20-23-11-6-10-21-8-2-4-13-24(21)23/h2-15H,16-20H2,1H3. The average molecular weight is 386 g/mol. The monoisotopic (exact) mass is 385 g/mol. The molecule has 4 heteroatoms. The van der Waals surface area contributed by atoms with Crippen LogP contribution in [0.2, 0.25) is 0 Å². The van der Waals surface area contributed by atoms with Gasteiger partial charge in [-0.3, -0.25) is 9.91 Å². The minimum Gasteiger partial charge on any atom is -0.496 e. The first-order chi connectivity index (χ1) is 14.3. The van der Waals surface area contributed by atoms with Gasteiger partial charge in [0.05, 0.1) is 7.11 Å². The molecule has 0 unspecified atom stereocenters. The van der Waals surface area contributed by atoms with Crippen molar-refractivity contribution < 1.29 is 4.74 Å². The highest BCUT2D eigenvalue weighted by Crippen LogP contribution is 2.21. The predicted octanol–water partition coefficient (Wildman–Crippen LogP) is 4.67. The molecule has 0 spiro atoms. The molecule has 29 heavy (non-hydrogen) atoms. The molecule has 0 amide bonds. The largest absolute Gasteiger partial charge is 0.496 e. The number of hydrogen-bond acceptors (Lipinski definition) is 4. The molecule has 0 radical (unpaired) electrons. The second-order valence-electron chi connectivity index (χ2n) is 7.23. The van der Waals surface area contributed by atoms with Crippen molar-refractivity contribution in [1.82, 2.24) is 9.91 Å². The van der Waals surface area contributed by atoms with Crippen molar-refractivity contribution >= 4 is 23.1 Å². The highest BCUT2D eigenvalue weighted by Gasteiger charge is 2.16. The van der Waals surface area contributed by atoms with Crippen molar-refractivity contribution in [3.63, 3.8) is 0 Å². The van der Waals surface area contributed by atoms with Crippen LogP contribution in [0.3, 0.4) is 0 Å². The van der Waals surface area contributed by atoms with Crippen molar-refractivity contribution in [2.24, 2.45) is 5.10 Å². The summed E-state index contributed by atoms with van der Waals surface area (Å²) in [5.41, 5.74) is 2.46. The number of hydrazone groups is 1. The molecule has 0 bridgehead atoms. The molecule has 0 aliphatic carbocycles. The van der Waals surface area contributed by atoms with Crippen LogP contribution in [0.4, 0.5) is 0 Å². The molecule has 3 aromatic carbocycles. The van der Waals surface area contributed by atoms with Gasteiger partial charge in [-0.05, 0) is 34.6 Å². The zero-order chi connectivity index (χ0) is 19.9. The number of fused-ring (bicyclic) bond motifs is 1. The maximum atomic E-state index is 5.37. The van der Waals surface area contributed by atoms with Crippen LogP contribution in [-0.2, 0) is 6.54 Å². The minimum absolute atomic E-state index is 0.874. The fourth-order valence-electron chi connectivity index (χ4n) is 3.77. The molecule has 1 saturated heterocycles. The van der Waals surface area contributed by atoms with Crippen molar-refractivity contribution in [2.45, 2.75) is 6.54 Å². The molecule has 0 N–H and O–H groups in total. The van der Waals surface area contributed by atoms with E-state index in [1.807, 2.05) is 42.6 Å². The topological polar surface area (TPSA) is 28.1 Å². The fraction of sp³-hybridized carbons (Fsp3) is 0.240. The normalized spacial score (nSPS) is 15.6. The molecule has 1 fully saturated rings. The van der Waals surface area contributed by atoms with Crippen LogP contribution >= 0.6 is 0 Å². The van der Waals surface area contributed by atoms with E-state index >= 15 is 0 Å². The van der Waals surface area contributed by atoms with E-state index < -0.39 is 0 Å². The van der Waals surface area contributed by atoms with E-state index in [1.54, 1.807) is 7.11 Å². The number of allylic oxidation sites excluding steroid dienone is 1. The number of piperazine rings is 1. The zero-order valence-electron chi connectivity index (χ0n) is 16.9. The SMILES string of the molecule is COc1ccccc1C=CC=NN1CCN(Cc2cccc3ccccc23)CC1. The average Bonchev–Trinajstić information content (AvgIpc) is 2.78. The summed E-state index contributed by atoms with van der Waals surface area (Å²) >= 11 is 0. The van der Waals surface area contributed by atoms with Gasteiger partial charge in [0.15, 0.2) is 0 Å². The Morgan fingerprint density at radius 3 is 2.52 bits per heavy atom. The van der Waals surface area contributed by atoms with Crippen LogP contribution in [-0.4, -0.2) is 49.4 Å². The smallest absolute Gasteiger partial charge is 0.126 e. The number of nitrogens with zero attached hydrogens (tertiary/aromatic N) is 3. The van der Waals surface area contributed by atoms with Crippen LogP contribution in [0.5, 0.6) is 5.75 Å². The molecule has 1 heterocycles. The molecule has 1 aliphatic rings. The zero-order valence-corrected chi connectivity index (χ0v) is 16.9. The lowest BCUT2D eigenvalue weighted by Crippen LogP contribution is -2.43. The van der Waals surface area contributed by atoms with E-state index in [2.05, 4.69) is 57.5 Å². The Bertz CT molecular complexity index is 998. The number of ether oxygens (including phenoxy) is 1. The lowest BCUT2D eigenvalue weighted by atomic mass is 10.0. The summed E-state index contributed by atoms with van der Waals surface area (Å²) in [6, 6.07) is 23.2. The highest BCUT2D eigenvalue weighted by atomic mass is 16.5. The Kier molecular flexibility index (Phi) is 6.22. The Morgan fingerprint density at radius 1 is 0.897 bits per heavy atom. The summed E-state index contributed by atoms with van der Waals surface area (Å²) in [6.45, 7) is 4.94. The summed E-state index contributed by atoms with van der Waals surface area (Å²) in [6.07, 6.45) is 5.87. The summed E-state index contributed by atoms with van der Waals surface area (Å²) in [5, 5.41) is 9.42. The first kappa shape index (κ1) is 19.2. The lowest BCUT2D eigenvalue weighted by Gasteiger charge is -2.33. The Morgan fingerprint density at radius 2 is 1.66 bits per heavy atom. The highest BCUT2D eigenvalue weighted by molar-refractivity contribution is 5.85. The van der Waals surface area contributed by atoms with Gasteiger partial charge >= 0.3 is 0 Å². The van der Waals surface area contributed by atoms with E-state index in [0.717, 1.165) is 44.0 Å². The first-order valence-electron chi connectivity index (χ1n) is 10.1. The van der Waals surface area contributed by atoms with E-state index in [0.29, 0.717) is 0 Å². The Labute approximate surface area is 172 Å². The maximum Gasteiger partial charge on any atom is 0.126 e. The van der Waals surface area contributed by atoms with Gasteiger partial charge in [-0.1, -0.05) is 60.7 Å². The molecule has 148 valence electrons. The van der Waals surface area contributed by atoms with Crippen LogP contribution in [0.25, 0.3) is 16.8 Å². The summed E-state index contributed by atoms with van der Waals surface area (Å²) in [7, 11) is 1.69. The number of para-hydroxylation sites is 1. The maximum absolute atomic E-state index is 5.37. The molecule has 0 atom stereocenters. The van der Waals surface area contributed by atoms with Gasteiger partial charge < -0.3 is 4.74 Å². The third kappa shape index (κ3) is 4.84. The third-order valence-corrected chi connectivity index (χ3v) is 5.35. The van der Waals surface area contributed by atoms with Gasteiger partial charge in [0.25, 0.3) is 0 Å². The molecule has 0 saturated carbocycles. The third-order valence-electron chi connectivity index (χ3n) is 5.35. The lowest BCUT2D eigenvalue weighted by molar-refractivity contribution is 0.131. The van der Waals surface area contributed by atoms with E-state index in [4.69, 9.17) is 4.74 Å². The fourth-order valence-corrected chi connectivity index (χ4v) is 3.77. The molecular formula is C25H27N3O. The van der Waals surface area contributed by atoms with Crippen molar-refractivity contribution in [3.05, 3.63) is 83.9 Å². The van der Waals surface area contributed by atoms with Gasteiger partial charge in [0.1, 0.15) is 5.75 Å². The number of hydrogen-bond donors (Lipinski definition) is 0. The second kappa shape index (κ2) is 9.39. The number of benzene rings is 3. The predicted molar refractivity (Wildman–Crippen MR) is 121 cm³/mol. The summed E-state index contributed by atoms with van der Waals surface area (Å²) in [5.74, 6) is 0.874. The molecule has 4 rings (SSSR count). The first-order valence-corrected chi connectivity index (χ1v) is 10.1. The van der Waals surface area contributed by atoms with E-state index in [1.165, 1.54) is 16.3 Å². The van der Waals surface area contributed by atoms with Crippen molar-refractivity contribution in [1.29, 1.82) is 0 Å². The second-order valence-corrected chi connectivity index (χ2v) is 7.23. The molecule has 3 aromatic rings.